The quantitative estimate of drug-likeness (QED) is 0.499. The van der Waals surface area contributed by atoms with Crippen LogP contribution in [-0.2, 0) is 19.3 Å². The molecule has 0 aliphatic heterocycles. The predicted molar refractivity (Wildman–Crippen MR) is 68.7 cm³/mol. The largest absolute Gasteiger partial charge is 0.222 e. The van der Waals surface area contributed by atoms with Gasteiger partial charge >= 0.3 is 0 Å². The van der Waals surface area contributed by atoms with Gasteiger partial charge in [-0.3, -0.25) is 0 Å². The van der Waals surface area contributed by atoms with Crippen LogP contribution in [0.15, 0.2) is 18.2 Å². The van der Waals surface area contributed by atoms with Crippen LogP contribution < -0.4 is 0 Å². The van der Waals surface area contributed by atoms with Crippen molar-refractivity contribution in [2.24, 2.45) is 0 Å². The van der Waals surface area contributed by atoms with E-state index in [1.807, 2.05) is 0 Å². The molecule has 0 saturated heterocycles. The Bertz CT molecular complexity index is 269. The van der Waals surface area contributed by atoms with E-state index in [0.717, 1.165) is 0 Å². The van der Waals surface area contributed by atoms with Crippen LogP contribution in [0.5, 0.6) is 0 Å². The number of benzene rings is 1. The summed E-state index contributed by atoms with van der Waals surface area (Å²) < 4.78 is 1.34. The van der Waals surface area contributed by atoms with E-state index in [2.05, 4.69) is 53.8 Å². The normalized spacial score (nSPS) is 10.5. The van der Waals surface area contributed by atoms with Gasteiger partial charge in [0.05, 0.1) is 0 Å². The first-order valence-electron chi connectivity index (χ1n) is 6.22. The fraction of sp³-hybridized carbons (Fsp3) is 0.571. The minimum absolute atomic E-state index is 1.18. The summed E-state index contributed by atoms with van der Waals surface area (Å²) in [5.74, 6) is 0. The summed E-state index contributed by atoms with van der Waals surface area (Å²) in [6, 6.07) is 6.80. The highest BCUT2D eigenvalue weighted by molar-refractivity contribution is 6.08. The van der Waals surface area contributed by atoms with Gasteiger partial charge in [0.15, 0.2) is 0 Å². The summed E-state index contributed by atoms with van der Waals surface area (Å²) in [5, 5.41) is 0. The molecule has 0 heterocycles. The second kappa shape index (κ2) is 7.29. The van der Waals surface area contributed by atoms with Gasteiger partial charge in [0.2, 0.25) is 21.7 Å². The average Bonchev–Trinajstić information content (AvgIpc) is 2.29. The van der Waals surface area contributed by atoms with E-state index in [0.29, 0.717) is 0 Å². The third-order valence-electron chi connectivity index (χ3n) is 3.06. The van der Waals surface area contributed by atoms with Crippen molar-refractivity contribution in [2.45, 2.75) is 50.5 Å². The zero-order valence-corrected chi connectivity index (χ0v) is 11.6. The van der Waals surface area contributed by atoms with E-state index in [1.165, 1.54) is 36.7 Å². The Morgan fingerprint density at radius 3 is 2.07 bits per heavy atom. The minimum Gasteiger partial charge on any atom is -0.177 e. The molecule has 0 nitrogen and oxygen atoms in total. The number of aryl methyl sites for hydroxylation is 2. The molecule has 0 aliphatic carbocycles. The Balaban J connectivity index is 2.80. The van der Waals surface area contributed by atoms with Gasteiger partial charge in [-0.05, 0) is 36.0 Å². The Kier molecular flexibility index (Phi) is 6.34. The minimum atomic E-state index is 1.18. The molecule has 1 heteroatoms. The summed E-state index contributed by atoms with van der Waals surface area (Å²) in [6.07, 6.45) is 6.37. The van der Waals surface area contributed by atoms with Crippen LogP contribution in [0.4, 0.5) is 0 Å². The fourth-order valence-corrected chi connectivity index (χ4v) is 2.50. The predicted octanol–water partition coefficient (Wildman–Crippen LogP) is 3.72. The monoisotopic (exact) mass is 213 g/mol. The molecule has 0 atom stereocenters. The zero-order valence-electron chi connectivity index (χ0n) is 10.2. The van der Waals surface area contributed by atoms with Crippen LogP contribution in [0.25, 0.3) is 0 Å². The van der Waals surface area contributed by atoms with Crippen molar-refractivity contribution >= 4 is 21.7 Å². The van der Waals surface area contributed by atoms with Gasteiger partial charge in [-0.15, -0.1) is 0 Å². The topological polar surface area (TPSA) is 0 Å². The average molecular weight is 214 g/mol. The smallest absolute Gasteiger partial charge is 0.177 e. The number of hydrogen-bond acceptors (Lipinski definition) is 0. The third kappa shape index (κ3) is 3.80. The van der Waals surface area contributed by atoms with Crippen LogP contribution in [-0.4, -0.2) is 21.7 Å². The lowest BCUT2D eigenvalue weighted by Crippen LogP contribution is -1.99. The number of unbranched alkanes of at least 4 members (excludes halogenated alkanes) is 1. The third-order valence-corrected chi connectivity index (χ3v) is 3.56. The van der Waals surface area contributed by atoms with E-state index >= 15 is 0 Å². The maximum Gasteiger partial charge on any atom is 0.222 e. The van der Waals surface area contributed by atoms with E-state index in [9.17, 15) is 0 Å². The number of hydrogen-bond donors (Lipinski definition) is 0. The molecule has 79 valence electrons. The molecule has 1 aromatic rings. The van der Waals surface area contributed by atoms with Crippen molar-refractivity contribution in [3.63, 3.8) is 0 Å². The molecule has 1 rings (SSSR count). The van der Waals surface area contributed by atoms with Gasteiger partial charge in [-0.1, -0.05) is 44.9 Å². The summed E-state index contributed by atoms with van der Waals surface area (Å²) >= 11 is 2.09. The first-order valence-corrected chi connectivity index (χ1v) is 7.22. The van der Waals surface area contributed by atoms with Crippen molar-refractivity contribution in [1.82, 2.24) is 0 Å². The molecule has 1 radical (unpaired) electrons. The molecule has 0 spiro atoms. The highest BCUT2D eigenvalue weighted by Gasteiger charge is 2.04. The molecule has 0 saturated carbocycles. The maximum atomic E-state index is 2.29. The molecule has 0 aromatic heterocycles. The van der Waals surface area contributed by atoms with Crippen molar-refractivity contribution in [2.75, 3.05) is 0 Å². The maximum absolute atomic E-state index is 2.29. The lowest BCUT2D eigenvalue weighted by atomic mass is 9.94. The molecular weight excluding hydrogens is 192 g/mol. The van der Waals surface area contributed by atoms with Gasteiger partial charge in [0.25, 0.3) is 0 Å². The SMILES string of the molecule is CCc1cccc(CC)c1CCC[CH2][Mg]. The number of rotatable bonds is 6. The van der Waals surface area contributed by atoms with Crippen molar-refractivity contribution in [1.29, 1.82) is 0 Å². The lowest BCUT2D eigenvalue weighted by Gasteiger charge is -2.12. The van der Waals surface area contributed by atoms with E-state index in [-0.39, 0.29) is 0 Å². The van der Waals surface area contributed by atoms with E-state index < -0.39 is 0 Å². The van der Waals surface area contributed by atoms with Gasteiger partial charge in [-0.25, -0.2) is 0 Å². The summed E-state index contributed by atoms with van der Waals surface area (Å²) in [5.41, 5.74) is 4.76. The first-order chi connectivity index (χ1) is 7.33. The molecule has 0 N–H and O–H groups in total. The Labute approximate surface area is 107 Å². The Hall–Kier alpha value is -0.0138. The van der Waals surface area contributed by atoms with Crippen LogP contribution in [0.3, 0.4) is 0 Å². The second-order valence-corrected chi connectivity index (χ2v) is 4.78. The first kappa shape index (κ1) is 13.1. The fourth-order valence-electron chi connectivity index (χ4n) is 2.15. The molecule has 0 fully saturated rings. The van der Waals surface area contributed by atoms with Crippen LogP contribution in [0.1, 0.15) is 43.4 Å². The Morgan fingerprint density at radius 2 is 1.60 bits per heavy atom. The standard InChI is InChI=1S/C14H21.Mg/c1-4-7-11-14-12(5-2)9-8-10-13(14)6-3;/h8-10H,1,4-7,11H2,2-3H3;. The van der Waals surface area contributed by atoms with Crippen molar-refractivity contribution < 1.29 is 0 Å². The van der Waals surface area contributed by atoms with Crippen molar-refractivity contribution in [3.05, 3.63) is 34.9 Å². The van der Waals surface area contributed by atoms with Crippen LogP contribution in [0, 0.1) is 0 Å². The summed E-state index contributed by atoms with van der Waals surface area (Å²) in [7, 11) is 0. The van der Waals surface area contributed by atoms with Crippen LogP contribution in [0.2, 0.25) is 4.55 Å². The lowest BCUT2D eigenvalue weighted by molar-refractivity contribution is 0.777. The Morgan fingerprint density at radius 1 is 1.00 bits per heavy atom. The second-order valence-electron chi connectivity index (χ2n) is 4.07. The zero-order chi connectivity index (χ0) is 11.1. The van der Waals surface area contributed by atoms with Gasteiger partial charge < -0.3 is 0 Å². The van der Waals surface area contributed by atoms with E-state index in [4.69, 9.17) is 0 Å². The molecule has 0 aliphatic rings. The molecule has 1 aromatic carbocycles. The van der Waals surface area contributed by atoms with Gasteiger partial charge in [0.1, 0.15) is 0 Å². The molecule has 15 heavy (non-hydrogen) atoms. The van der Waals surface area contributed by atoms with Crippen LogP contribution >= 0.6 is 0 Å². The van der Waals surface area contributed by atoms with Crippen molar-refractivity contribution in [3.8, 4) is 0 Å². The van der Waals surface area contributed by atoms with Gasteiger partial charge in [-0.2, -0.15) is 4.55 Å². The van der Waals surface area contributed by atoms with Gasteiger partial charge in [0, 0.05) is 0 Å². The van der Waals surface area contributed by atoms with E-state index in [1.54, 1.807) is 16.7 Å². The molecule has 0 bridgehead atoms. The molecule has 0 unspecified atom stereocenters. The molecule has 0 amide bonds. The highest BCUT2D eigenvalue weighted by atomic mass is 24.4. The highest BCUT2D eigenvalue weighted by Crippen LogP contribution is 2.19. The molecular formula is C14H21Mg. The summed E-state index contributed by atoms with van der Waals surface area (Å²) in [4.78, 5) is 0. The summed E-state index contributed by atoms with van der Waals surface area (Å²) in [6.45, 7) is 4.53.